The van der Waals surface area contributed by atoms with Crippen LogP contribution in [-0.4, -0.2) is 25.8 Å². The second-order valence-corrected chi connectivity index (χ2v) is 4.88. The monoisotopic (exact) mass is 234 g/mol. The summed E-state index contributed by atoms with van der Waals surface area (Å²) in [5.74, 6) is 0. The molecule has 3 N–H and O–H groups in total. The predicted molar refractivity (Wildman–Crippen MR) is 70.2 cm³/mol. The summed E-state index contributed by atoms with van der Waals surface area (Å²) in [6.07, 6.45) is 0. The molecule has 1 saturated heterocycles. The Morgan fingerprint density at radius 1 is 1.29 bits per heavy atom. The van der Waals surface area contributed by atoms with Gasteiger partial charge in [-0.05, 0) is 43.0 Å². The van der Waals surface area contributed by atoms with E-state index in [0.717, 1.165) is 13.2 Å². The zero-order valence-corrected chi connectivity index (χ0v) is 10.9. The zero-order valence-electron chi connectivity index (χ0n) is 10.9. The fourth-order valence-electron chi connectivity index (χ4n) is 2.37. The smallest absolute Gasteiger partial charge is 0.0638 e. The quantitative estimate of drug-likeness (QED) is 0.817. The Morgan fingerprint density at radius 2 is 2.06 bits per heavy atom. The van der Waals surface area contributed by atoms with Gasteiger partial charge < -0.3 is 15.8 Å². The number of aryl methyl sites for hydroxylation is 1. The second-order valence-electron chi connectivity index (χ2n) is 4.88. The Hall–Kier alpha value is -0.900. The van der Waals surface area contributed by atoms with Gasteiger partial charge in [0.15, 0.2) is 0 Å². The van der Waals surface area contributed by atoms with Crippen LogP contribution in [0.15, 0.2) is 12.1 Å². The summed E-state index contributed by atoms with van der Waals surface area (Å²) in [4.78, 5) is 0. The lowest BCUT2D eigenvalue weighted by Gasteiger charge is -2.30. The zero-order chi connectivity index (χ0) is 12.4. The van der Waals surface area contributed by atoms with E-state index >= 15 is 0 Å². The molecule has 1 aliphatic heterocycles. The molecule has 1 aromatic carbocycles. The Kier molecular flexibility index (Phi) is 3.82. The van der Waals surface area contributed by atoms with Crippen LogP contribution in [0.4, 0.5) is 0 Å². The predicted octanol–water partition coefficient (Wildman–Crippen LogP) is 1.60. The summed E-state index contributed by atoms with van der Waals surface area (Å²) >= 11 is 0. The largest absolute Gasteiger partial charge is 0.378 e. The topological polar surface area (TPSA) is 47.3 Å². The van der Waals surface area contributed by atoms with Gasteiger partial charge in [-0.25, -0.2) is 0 Å². The van der Waals surface area contributed by atoms with E-state index in [-0.39, 0.29) is 12.1 Å². The van der Waals surface area contributed by atoms with E-state index in [4.69, 9.17) is 10.5 Å². The van der Waals surface area contributed by atoms with Gasteiger partial charge >= 0.3 is 0 Å². The molecule has 1 aliphatic rings. The Balaban J connectivity index is 2.24. The van der Waals surface area contributed by atoms with E-state index in [0.29, 0.717) is 6.61 Å². The minimum Gasteiger partial charge on any atom is -0.378 e. The van der Waals surface area contributed by atoms with Crippen LogP contribution in [0, 0.1) is 20.8 Å². The molecule has 0 aliphatic carbocycles. The normalized spacial score (nSPS) is 22.5. The number of rotatable bonds is 2. The van der Waals surface area contributed by atoms with Crippen molar-refractivity contribution < 1.29 is 4.74 Å². The summed E-state index contributed by atoms with van der Waals surface area (Å²) < 4.78 is 5.48. The SMILES string of the molecule is Cc1ccc(C(N)C2COCCN2)c(C)c1C. The number of nitrogens with one attached hydrogen (secondary N) is 1. The fourth-order valence-corrected chi connectivity index (χ4v) is 2.37. The van der Waals surface area contributed by atoms with Crippen molar-refractivity contribution >= 4 is 0 Å². The highest BCUT2D eigenvalue weighted by Gasteiger charge is 2.23. The van der Waals surface area contributed by atoms with Crippen LogP contribution in [-0.2, 0) is 4.74 Å². The molecule has 0 amide bonds. The average Bonchev–Trinajstić information content (AvgIpc) is 2.36. The van der Waals surface area contributed by atoms with E-state index < -0.39 is 0 Å². The first-order chi connectivity index (χ1) is 8.11. The number of hydrogen-bond acceptors (Lipinski definition) is 3. The summed E-state index contributed by atoms with van der Waals surface area (Å²) in [6, 6.07) is 4.54. The summed E-state index contributed by atoms with van der Waals surface area (Å²) in [5, 5.41) is 3.43. The molecular formula is C14H22N2O. The maximum Gasteiger partial charge on any atom is 0.0638 e. The standard InChI is InChI=1S/C14H22N2O/c1-9-4-5-12(11(3)10(9)2)14(15)13-8-17-7-6-16-13/h4-5,13-14,16H,6-8,15H2,1-3H3. The van der Waals surface area contributed by atoms with Gasteiger partial charge in [-0.3, -0.25) is 0 Å². The van der Waals surface area contributed by atoms with Gasteiger partial charge in [0, 0.05) is 18.6 Å². The third-order valence-electron chi connectivity index (χ3n) is 3.84. The Morgan fingerprint density at radius 3 is 2.71 bits per heavy atom. The molecule has 0 spiro atoms. The molecule has 0 radical (unpaired) electrons. The van der Waals surface area contributed by atoms with Crippen molar-refractivity contribution in [2.24, 2.45) is 5.73 Å². The third-order valence-corrected chi connectivity index (χ3v) is 3.84. The van der Waals surface area contributed by atoms with Crippen molar-refractivity contribution in [2.75, 3.05) is 19.8 Å². The highest BCUT2D eigenvalue weighted by atomic mass is 16.5. The van der Waals surface area contributed by atoms with Gasteiger partial charge in [0.25, 0.3) is 0 Å². The molecule has 17 heavy (non-hydrogen) atoms. The minimum atomic E-state index is 0.00889. The lowest BCUT2D eigenvalue weighted by molar-refractivity contribution is 0.0684. The molecule has 0 bridgehead atoms. The van der Waals surface area contributed by atoms with E-state index in [1.54, 1.807) is 0 Å². The van der Waals surface area contributed by atoms with Crippen molar-refractivity contribution in [2.45, 2.75) is 32.9 Å². The van der Waals surface area contributed by atoms with Gasteiger partial charge in [-0.15, -0.1) is 0 Å². The van der Waals surface area contributed by atoms with Gasteiger partial charge in [0.1, 0.15) is 0 Å². The second kappa shape index (κ2) is 5.17. The summed E-state index contributed by atoms with van der Waals surface area (Å²) in [5.41, 5.74) is 11.6. The molecule has 2 rings (SSSR count). The molecular weight excluding hydrogens is 212 g/mol. The van der Waals surface area contributed by atoms with E-state index in [9.17, 15) is 0 Å². The molecule has 94 valence electrons. The number of hydrogen-bond donors (Lipinski definition) is 2. The van der Waals surface area contributed by atoms with Gasteiger partial charge in [-0.2, -0.15) is 0 Å². The molecule has 2 unspecified atom stereocenters. The highest BCUT2D eigenvalue weighted by molar-refractivity contribution is 5.40. The van der Waals surface area contributed by atoms with Gasteiger partial charge in [0.2, 0.25) is 0 Å². The molecule has 1 fully saturated rings. The first-order valence-electron chi connectivity index (χ1n) is 6.24. The molecule has 1 aromatic rings. The van der Waals surface area contributed by atoms with Crippen molar-refractivity contribution in [3.8, 4) is 0 Å². The first-order valence-corrected chi connectivity index (χ1v) is 6.24. The molecule has 2 atom stereocenters. The fraction of sp³-hybridized carbons (Fsp3) is 0.571. The average molecular weight is 234 g/mol. The van der Waals surface area contributed by atoms with Crippen LogP contribution >= 0.6 is 0 Å². The van der Waals surface area contributed by atoms with Crippen LogP contribution in [0.2, 0.25) is 0 Å². The molecule has 0 saturated carbocycles. The third kappa shape index (κ3) is 2.51. The number of nitrogens with two attached hydrogens (primary N) is 1. The van der Waals surface area contributed by atoms with E-state index in [1.807, 2.05) is 0 Å². The van der Waals surface area contributed by atoms with Crippen molar-refractivity contribution in [3.05, 3.63) is 34.4 Å². The van der Waals surface area contributed by atoms with E-state index in [2.05, 4.69) is 38.2 Å². The lowest BCUT2D eigenvalue weighted by Crippen LogP contribution is -2.47. The Bertz CT molecular complexity index is 397. The Labute approximate surface area is 103 Å². The van der Waals surface area contributed by atoms with Crippen molar-refractivity contribution in [3.63, 3.8) is 0 Å². The summed E-state index contributed by atoms with van der Waals surface area (Å²) in [6.45, 7) is 8.83. The van der Waals surface area contributed by atoms with Crippen molar-refractivity contribution in [1.29, 1.82) is 0 Å². The van der Waals surface area contributed by atoms with Crippen LogP contribution in [0.3, 0.4) is 0 Å². The molecule has 3 nitrogen and oxygen atoms in total. The number of benzene rings is 1. The molecule has 1 heterocycles. The summed E-state index contributed by atoms with van der Waals surface area (Å²) in [7, 11) is 0. The highest BCUT2D eigenvalue weighted by Crippen LogP contribution is 2.24. The number of ether oxygens (including phenoxy) is 1. The van der Waals surface area contributed by atoms with Gasteiger partial charge in [-0.1, -0.05) is 12.1 Å². The van der Waals surface area contributed by atoms with Crippen LogP contribution in [0.1, 0.15) is 28.3 Å². The first kappa shape index (κ1) is 12.6. The van der Waals surface area contributed by atoms with E-state index in [1.165, 1.54) is 22.3 Å². The maximum absolute atomic E-state index is 6.35. The van der Waals surface area contributed by atoms with Gasteiger partial charge in [0.05, 0.1) is 13.2 Å². The maximum atomic E-state index is 6.35. The van der Waals surface area contributed by atoms with Crippen LogP contribution in [0.25, 0.3) is 0 Å². The molecule has 0 aromatic heterocycles. The van der Waals surface area contributed by atoms with Crippen LogP contribution in [0.5, 0.6) is 0 Å². The molecule has 3 heteroatoms. The minimum absolute atomic E-state index is 0.00889. The van der Waals surface area contributed by atoms with Crippen LogP contribution < -0.4 is 11.1 Å². The lowest BCUT2D eigenvalue weighted by atomic mass is 9.91. The van der Waals surface area contributed by atoms with Crippen molar-refractivity contribution in [1.82, 2.24) is 5.32 Å². The number of morpholine rings is 1.